The Kier molecular flexibility index (Phi) is 9.27. The van der Waals surface area contributed by atoms with Crippen molar-refractivity contribution >= 4 is 69.4 Å². The normalized spacial score (nSPS) is 15.2. The summed E-state index contributed by atoms with van der Waals surface area (Å²) in [5, 5.41) is 4.65. The monoisotopic (exact) mass is 576 g/mol. The molecule has 1 amide bonds. The number of rotatable bonds is 9. The van der Waals surface area contributed by atoms with E-state index in [4.69, 9.17) is 49.0 Å². The molecule has 1 aliphatic heterocycles. The second-order valence-electron chi connectivity index (χ2n) is 7.70. The van der Waals surface area contributed by atoms with Crippen molar-refractivity contribution in [1.82, 2.24) is 5.32 Å². The van der Waals surface area contributed by atoms with E-state index in [1.54, 1.807) is 36.4 Å². The lowest BCUT2D eigenvalue weighted by molar-refractivity contribution is -0.115. The summed E-state index contributed by atoms with van der Waals surface area (Å²) in [6.45, 7) is 4.97. The number of hydrogen-bond donors (Lipinski definition) is 1. The van der Waals surface area contributed by atoms with Crippen LogP contribution in [-0.4, -0.2) is 24.3 Å². The molecule has 1 heterocycles. The Morgan fingerprint density at radius 3 is 2.38 bits per heavy atom. The van der Waals surface area contributed by atoms with Gasteiger partial charge < -0.3 is 19.5 Å². The van der Waals surface area contributed by atoms with Gasteiger partial charge >= 0.3 is 0 Å². The highest BCUT2D eigenvalue weighted by atomic mass is 35.5. The number of thioether (sulfide) groups is 1. The van der Waals surface area contributed by atoms with Crippen LogP contribution in [0.2, 0.25) is 15.1 Å². The van der Waals surface area contributed by atoms with Crippen LogP contribution >= 0.6 is 46.6 Å². The highest BCUT2D eigenvalue weighted by Crippen LogP contribution is 2.39. The van der Waals surface area contributed by atoms with Crippen LogP contribution in [0.15, 0.2) is 64.5 Å². The molecule has 1 N–H and O–H groups in total. The van der Waals surface area contributed by atoms with Gasteiger partial charge in [0.05, 0.1) is 28.8 Å². The summed E-state index contributed by atoms with van der Waals surface area (Å²) in [5.74, 6) is 1.36. The van der Waals surface area contributed by atoms with Gasteiger partial charge in [-0.1, -0.05) is 40.9 Å². The van der Waals surface area contributed by atoms with Crippen LogP contribution in [0.25, 0.3) is 6.08 Å². The first-order chi connectivity index (χ1) is 17.9. The minimum atomic E-state index is -0.249. The molecule has 1 fully saturated rings. The zero-order valence-corrected chi connectivity index (χ0v) is 23.1. The Morgan fingerprint density at radius 1 is 0.919 bits per heavy atom. The van der Waals surface area contributed by atoms with E-state index in [0.29, 0.717) is 61.1 Å². The third-order valence-electron chi connectivity index (χ3n) is 5.05. The molecule has 192 valence electrons. The maximum Gasteiger partial charge on any atom is 0.264 e. The molecule has 0 aliphatic carbocycles. The predicted octanol–water partition coefficient (Wildman–Crippen LogP) is 7.91. The van der Waals surface area contributed by atoms with Crippen molar-refractivity contribution in [1.29, 1.82) is 0 Å². The Balaban J connectivity index is 1.53. The molecule has 3 aromatic rings. The molecular weight excluding hydrogens is 555 g/mol. The summed E-state index contributed by atoms with van der Waals surface area (Å²) < 4.78 is 17.2. The molecule has 1 saturated heterocycles. The lowest BCUT2D eigenvalue weighted by atomic mass is 10.1. The van der Waals surface area contributed by atoms with Crippen molar-refractivity contribution in [2.75, 3.05) is 13.2 Å². The van der Waals surface area contributed by atoms with E-state index < -0.39 is 0 Å². The van der Waals surface area contributed by atoms with Crippen LogP contribution in [-0.2, 0) is 11.4 Å². The minimum absolute atomic E-state index is 0.180. The first-order valence-electron chi connectivity index (χ1n) is 11.4. The van der Waals surface area contributed by atoms with Gasteiger partial charge in [-0.3, -0.25) is 4.79 Å². The van der Waals surface area contributed by atoms with Crippen LogP contribution in [0, 0.1) is 0 Å². The number of nitrogens with zero attached hydrogens (tertiary/aromatic N) is 1. The molecule has 0 unspecified atom stereocenters. The molecule has 0 spiro atoms. The van der Waals surface area contributed by atoms with Crippen molar-refractivity contribution in [3.63, 3.8) is 0 Å². The van der Waals surface area contributed by atoms with Crippen molar-refractivity contribution in [3.8, 4) is 17.2 Å². The first-order valence-corrected chi connectivity index (χ1v) is 13.4. The van der Waals surface area contributed by atoms with E-state index in [1.807, 2.05) is 38.1 Å². The van der Waals surface area contributed by atoms with E-state index >= 15 is 0 Å². The average Bonchev–Trinajstić information content (AvgIpc) is 3.19. The summed E-state index contributed by atoms with van der Waals surface area (Å²) in [7, 11) is 0. The molecule has 0 radical (unpaired) electrons. The summed E-state index contributed by atoms with van der Waals surface area (Å²) >= 11 is 20.0. The van der Waals surface area contributed by atoms with Crippen LogP contribution in [0.5, 0.6) is 17.2 Å². The van der Waals surface area contributed by atoms with Gasteiger partial charge in [-0.05, 0) is 85.8 Å². The van der Waals surface area contributed by atoms with E-state index in [2.05, 4.69) is 10.3 Å². The van der Waals surface area contributed by atoms with Gasteiger partial charge in [-0.15, -0.1) is 0 Å². The van der Waals surface area contributed by atoms with Gasteiger partial charge in [0, 0.05) is 15.6 Å². The Hall–Kier alpha value is -2.84. The number of amidine groups is 1. The molecule has 0 atom stereocenters. The SMILES string of the molecule is CCOc1ccc(N=C2NC(=O)/C(=C\c3cc(Cl)c(OCc4ccc(Cl)cc4Cl)c(OCC)c3)S2)cc1. The average molecular weight is 578 g/mol. The Morgan fingerprint density at radius 2 is 1.68 bits per heavy atom. The minimum Gasteiger partial charge on any atom is -0.494 e. The third-order valence-corrected chi connectivity index (χ3v) is 6.82. The zero-order valence-electron chi connectivity index (χ0n) is 20.0. The van der Waals surface area contributed by atoms with E-state index in [0.717, 1.165) is 11.3 Å². The quantitative estimate of drug-likeness (QED) is 0.262. The summed E-state index contributed by atoms with van der Waals surface area (Å²) in [5.41, 5.74) is 2.15. The number of amides is 1. The molecule has 3 aromatic carbocycles. The predicted molar refractivity (Wildman–Crippen MR) is 152 cm³/mol. The summed E-state index contributed by atoms with van der Waals surface area (Å²) in [6.07, 6.45) is 1.73. The van der Waals surface area contributed by atoms with Crippen LogP contribution in [0.1, 0.15) is 25.0 Å². The molecule has 6 nitrogen and oxygen atoms in total. The van der Waals surface area contributed by atoms with E-state index in [-0.39, 0.29) is 12.5 Å². The van der Waals surface area contributed by atoms with Gasteiger partial charge in [-0.2, -0.15) is 0 Å². The van der Waals surface area contributed by atoms with Crippen molar-refractivity contribution in [2.45, 2.75) is 20.5 Å². The van der Waals surface area contributed by atoms with Gasteiger partial charge in [0.25, 0.3) is 5.91 Å². The first kappa shape index (κ1) is 27.2. The highest BCUT2D eigenvalue weighted by molar-refractivity contribution is 8.18. The lowest BCUT2D eigenvalue weighted by Gasteiger charge is -2.15. The number of carbonyl (C=O) groups excluding carboxylic acids is 1. The topological polar surface area (TPSA) is 69.2 Å². The van der Waals surface area contributed by atoms with Crippen molar-refractivity contribution < 1.29 is 19.0 Å². The van der Waals surface area contributed by atoms with Gasteiger partial charge in [0.15, 0.2) is 16.7 Å². The molecule has 4 rings (SSSR count). The van der Waals surface area contributed by atoms with Crippen LogP contribution in [0.4, 0.5) is 5.69 Å². The lowest BCUT2D eigenvalue weighted by Crippen LogP contribution is -2.19. The molecular formula is C27H23Cl3N2O4S. The molecule has 1 aliphatic rings. The molecule has 10 heteroatoms. The molecule has 0 bridgehead atoms. The fraction of sp³-hybridized carbons (Fsp3) is 0.185. The number of aliphatic imine (C=N–C) groups is 1. The van der Waals surface area contributed by atoms with Crippen LogP contribution < -0.4 is 19.5 Å². The number of nitrogens with one attached hydrogen (secondary N) is 1. The zero-order chi connectivity index (χ0) is 26.4. The largest absolute Gasteiger partial charge is 0.494 e. The summed E-state index contributed by atoms with van der Waals surface area (Å²) in [6, 6.07) is 16.0. The Labute approximate surface area is 234 Å². The number of carbonyl (C=O) groups is 1. The van der Waals surface area contributed by atoms with Gasteiger partial charge in [0.1, 0.15) is 12.4 Å². The van der Waals surface area contributed by atoms with E-state index in [1.165, 1.54) is 11.8 Å². The Bertz CT molecular complexity index is 1360. The highest BCUT2D eigenvalue weighted by Gasteiger charge is 2.24. The number of hydrogen-bond acceptors (Lipinski definition) is 6. The van der Waals surface area contributed by atoms with Crippen molar-refractivity contribution in [3.05, 3.63) is 85.7 Å². The maximum atomic E-state index is 12.6. The van der Waals surface area contributed by atoms with E-state index in [9.17, 15) is 4.79 Å². The smallest absolute Gasteiger partial charge is 0.264 e. The van der Waals surface area contributed by atoms with Gasteiger partial charge in [0.2, 0.25) is 0 Å². The molecule has 37 heavy (non-hydrogen) atoms. The fourth-order valence-electron chi connectivity index (χ4n) is 3.40. The molecule has 0 saturated carbocycles. The second-order valence-corrected chi connectivity index (χ2v) is 9.98. The number of ether oxygens (including phenoxy) is 3. The van der Waals surface area contributed by atoms with Crippen LogP contribution in [0.3, 0.4) is 0 Å². The third kappa shape index (κ3) is 7.14. The molecule has 0 aromatic heterocycles. The number of benzene rings is 3. The van der Waals surface area contributed by atoms with Gasteiger partial charge in [-0.25, -0.2) is 4.99 Å². The standard InChI is InChI=1S/C27H23Cl3N2O4S/c1-3-34-20-9-7-19(8-10-20)31-27-32-26(33)24(37-27)13-16-11-22(30)25(23(12-16)35-4-2)36-15-17-5-6-18(28)14-21(17)29/h5-14H,3-4,15H2,1-2H3,(H,31,32,33)/b24-13+. The van der Waals surface area contributed by atoms with Crippen molar-refractivity contribution in [2.24, 2.45) is 4.99 Å². The second kappa shape index (κ2) is 12.6. The summed E-state index contributed by atoms with van der Waals surface area (Å²) in [4.78, 5) is 17.6. The number of halogens is 3. The fourth-order valence-corrected chi connectivity index (χ4v) is 4.97. The maximum absolute atomic E-state index is 12.6.